The summed E-state index contributed by atoms with van der Waals surface area (Å²) in [6, 6.07) is 6.72. The maximum atomic E-state index is 13.4. The second kappa shape index (κ2) is 13.5. The molecule has 3 rings (SSSR count). The maximum absolute atomic E-state index is 13.4. The molecule has 2 aliphatic rings. The number of likely N-dealkylation sites (N-methyl/N-ethyl adjacent to an activating group) is 3. The highest BCUT2D eigenvalue weighted by molar-refractivity contribution is 5.99. The fourth-order valence-electron chi connectivity index (χ4n) is 4.82. The van der Waals surface area contributed by atoms with Crippen LogP contribution in [0.15, 0.2) is 24.3 Å². The van der Waals surface area contributed by atoms with Gasteiger partial charge in [-0.25, -0.2) is 0 Å². The zero-order valence-corrected chi connectivity index (χ0v) is 21.7. The lowest BCUT2D eigenvalue weighted by Gasteiger charge is -2.31. The molecule has 2 heterocycles. The number of hydrogen-bond acceptors (Lipinski definition) is 5. The third kappa shape index (κ3) is 7.69. The van der Waals surface area contributed by atoms with Crippen molar-refractivity contribution < 1.29 is 19.1 Å². The molecule has 8 heteroatoms. The minimum absolute atomic E-state index is 0.0306. The summed E-state index contributed by atoms with van der Waals surface area (Å²) >= 11 is 0. The quantitative estimate of drug-likeness (QED) is 0.554. The Morgan fingerprint density at radius 3 is 2.49 bits per heavy atom. The van der Waals surface area contributed by atoms with Crippen molar-refractivity contribution in [2.45, 2.75) is 57.4 Å². The third-order valence-corrected chi connectivity index (χ3v) is 7.17. The molecule has 0 aliphatic carbocycles. The molecule has 8 nitrogen and oxygen atoms in total. The predicted octanol–water partition coefficient (Wildman–Crippen LogP) is 2.87. The fraction of sp³-hybridized carbons (Fsp3) is 0.667. The second-order valence-electron chi connectivity index (χ2n) is 9.89. The number of carbonyl (C=O) groups is 3. The van der Waals surface area contributed by atoms with Gasteiger partial charge in [-0.15, -0.1) is 0 Å². The van der Waals surface area contributed by atoms with Crippen LogP contribution in [0.3, 0.4) is 0 Å². The van der Waals surface area contributed by atoms with Gasteiger partial charge in [0.05, 0.1) is 18.7 Å². The lowest BCUT2D eigenvalue weighted by Crippen LogP contribution is -2.48. The number of carbonyl (C=O) groups excluding carboxylic acids is 3. The Labute approximate surface area is 210 Å². The molecule has 3 amide bonds. The molecule has 0 unspecified atom stereocenters. The van der Waals surface area contributed by atoms with Crippen molar-refractivity contribution in [3.05, 3.63) is 29.8 Å². The lowest BCUT2D eigenvalue weighted by atomic mass is 10.0. The zero-order valence-electron chi connectivity index (χ0n) is 21.7. The molecule has 0 aromatic heterocycles. The van der Waals surface area contributed by atoms with Gasteiger partial charge in [-0.2, -0.15) is 0 Å². The number of unbranched alkanes of at least 4 members (excludes halogenated alkanes) is 1. The van der Waals surface area contributed by atoms with E-state index in [1.54, 1.807) is 27.8 Å². The summed E-state index contributed by atoms with van der Waals surface area (Å²) < 4.78 is 5.92. The van der Waals surface area contributed by atoms with E-state index < -0.39 is 6.04 Å². The van der Waals surface area contributed by atoms with Gasteiger partial charge in [0, 0.05) is 34.2 Å². The minimum Gasteiger partial charge on any atom is -0.493 e. The summed E-state index contributed by atoms with van der Waals surface area (Å²) in [5.74, 6) is 0.483. The first-order valence-electron chi connectivity index (χ1n) is 13.1. The van der Waals surface area contributed by atoms with E-state index in [2.05, 4.69) is 4.90 Å². The van der Waals surface area contributed by atoms with Gasteiger partial charge in [0.1, 0.15) is 11.8 Å². The van der Waals surface area contributed by atoms with E-state index in [-0.39, 0.29) is 17.7 Å². The van der Waals surface area contributed by atoms with E-state index >= 15 is 0 Å². The molecular formula is C27H42N4O4. The Hall–Kier alpha value is -2.61. The van der Waals surface area contributed by atoms with Gasteiger partial charge in [-0.1, -0.05) is 12.1 Å². The number of fused-ring (bicyclic) bond motifs is 1. The van der Waals surface area contributed by atoms with Gasteiger partial charge in [0.25, 0.3) is 5.91 Å². The Morgan fingerprint density at radius 1 is 1.00 bits per heavy atom. The number of hydrogen-bond donors (Lipinski definition) is 0. The summed E-state index contributed by atoms with van der Waals surface area (Å²) in [7, 11) is 5.38. The number of ether oxygens (including phenoxy) is 1. The summed E-state index contributed by atoms with van der Waals surface area (Å²) in [5.41, 5.74) is 0.488. The largest absolute Gasteiger partial charge is 0.493 e. The Balaban J connectivity index is 1.62. The van der Waals surface area contributed by atoms with Crippen LogP contribution in [0.1, 0.15) is 61.7 Å². The molecule has 0 bridgehead atoms. The number of amides is 3. The van der Waals surface area contributed by atoms with Gasteiger partial charge < -0.3 is 19.4 Å². The Bertz CT molecular complexity index is 855. The van der Waals surface area contributed by atoms with Crippen LogP contribution < -0.4 is 4.74 Å². The van der Waals surface area contributed by atoms with Gasteiger partial charge >= 0.3 is 0 Å². The average molecular weight is 487 g/mol. The highest BCUT2D eigenvalue weighted by Crippen LogP contribution is 2.23. The molecule has 0 radical (unpaired) electrons. The average Bonchev–Trinajstić information content (AvgIpc) is 3.37. The van der Waals surface area contributed by atoms with Crippen molar-refractivity contribution in [1.82, 2.24) is 19.6 Å². The molecule has 1 atom stereocenters. The summed E-state index contributed by atoms with van der Waals surface area (Å²) in [4.78, 5) is 46.6. The number of rotatable bonds is 7. The summed E-state index contributed by atoms with van der Waals surface area (Å²) in [6.45, 7) is 4.37. The van der Waals surface area contributed by atoms with Gasteiger partial charge in [-0.3, -0.25) is 19.3 Å². The lowest BCUT2D eigenvalue weighted by molar-refractivity contribution is -0.135. The molecule has 2 aliphatic heterocycles. The summed E-state index contributed by atoms with van der Waals surface area (Å²) in [6.07, 6.45) is 7.19. The first-order valence-corrected chi connectivity index (χ1v) is 13.1. The molecule has 0 spiro atoms. The van der Waals surface area contributed by atoms with Gasteiger partial charge in [-0.05, 0) is 76.6 Å². The molecule has 35 heavy (non-hydrogen) atoms. The molecule has 1 fully saturated rings. The Kier molecular flexibility index (Phi) is 10.4. The standard InChI is InChI=1S/C27H42N4O4/c1-28(25(32)21-31-18-10-11-19-31)16-9-7-14-23-27(34)29(2)17-8-4-12-20-35-24-15-6-5-13-22(24)26(33)30(23)3/h5-6,13,15,23H,4,7-12,14,16-21H2,1-3H3/t23-/m0/s1. The van der Waals surface area contributed by atoms with Crippen molar-refractivity contribution in [2.24, 2.45) is 0 Å². The number of likely N-dealkylation sites (tertiary alicyclic amines) is 1. The third-order valence-electron chi connectivity index (χ3n) is 7.17. The summed E-state index contributed by atoms with van der Waals surface area (Å²) in [5, 5.41) is 0. The van der Waals surface area contributed by atoms with Crippen molar-refractivity contribution in [3.8, 4) is 5.75 Å². The van der Waals surface area contributed by atoms with E-state index in [9.17, 15) is 14.4 Å². The molecular weight excluding hydrogens is 444 g/mol. The monoisotopic (exact) mass is 486 g/mol. The highest BCUT2D eigenvalue weighted by atomic mass is 16.5. The normalized spacial score (nSPS) is 20.5. The van der Waals surface area contributed by atoms with Crippen molar-refractivity contribution in [3.63, 3.8) is 0 Å². The molecule has 0 saturated carbocycles. The van der Waals surface area contributed by atoms with Crippen LogP contribution in [0, 0.1) is 0 Å². The highest BCUT2D eigenvalue weighted by Gasteiger charge is 2.31. The Morgan fingerprint density at radius 2 is 1.71 bits per heavy atom. The van der Waals surface area contributed by atoms with Crippen molar-refractivity contribution in [2.75, 3.05) is 60.5 Å². The van der Waals surface area contributed by atoms with Crippen LogP contribution in [0.5, 0.6) is 5.75 Å². The first-order chi connectivity index (χ1) is 16.9. The van der Waals surface area contributed by atoms with E-state index in [0.717, 1.165) is 45.2 Å². The molecule has 1 aromatic carbocycles. The van der Waals surface area contributed by atoms with Gasteiger partial charge in [0.15, 0.2) is 0 Å². The van der Waals surface area contributed by atoms with Crippen LogP contribution in [-0.4, -0.2) is 104 Å². The molecule has 1 saturated heterocycles. The number of benzene rings is 1. The SMILES string of the molecule is CN(CCCC[C@H]1C(=O)N(C)CCCCCOc2ccccc2C(=O)N1C)C(=O)CN1CCCC1. The minimum atomic E-state index is -0.549. The smallest absolute Gasteiger partial charge is 0.258 e. The molecule has 1 aromatic rings. The number of nitrogens with zero attached hydrogens (tertiary/aromatic N) is 4. The van der Waals surface area contributed by atoms with Crippen LogP contribution in [0.2, 0.25) is 0 Å². The predicted molar refractivity (Wildman–Crippen MR) is 136 cm³/mol. The second-order valence-corrected chi connectivity index (χ2v) is 9.89. The first kappa shape index (κ1) is 27.0. The fourth-order valence-corrected chi connectivity index (χ4v) is 4.82. The maximum Gasteiger partial charge on any atom is 0.258 e. The van der Waals surface area contributed by atoms with E-state index in [1.807, 2.05) is 32.3 Å². The van der Waals surface area contributed by atoms with Crippen molar-refractivity contribution in [1.29, 1.82) is 0 Å². The van der Waals surface area contributed by atoms with Gasteiger partial charge in [0.2, 0.25) is 11.8 Å². The van der Waals surface area contributed by atoms with Crippen LogP contribution >= 0.6 is 0 Å². The molecule has 0 N–H and O–H groups in total. The van der Waals surface area contributed by atoms with Crippen LogP contribution in [0.4, 0.5) is 0 Å². The van der Waals surface area contributed by atoms with Crippen LogP contribution in [-0.2, 0) is 9.59 Å². The van der Waals surface area contributed by atoms with E-state index in [0.29, 0.717) is 44.0 Å². The van der Waals surface area contributed by atoms with E-state index in [1.165, 1.54) is 12.8 Å². The number of para-hydroxylation sites is 1. The van der Waals surface area contributed by atoms with Crippen LogP contribution in [0.25, 0.3) is 0 Å². The van der Waals surface area contributed by atoms with Crippen molar-refractivity contribution >= 4 is 17.7 Å². The zero-order chi connectivity index (χ0) is 25.2. The van der Waals surface area contributed by atoms with E-state index in [4.69, 9.17) is 4.74 Å². The molecule has 194 valence electrons. The topological polar surface area (TPSA) is 73.4 Å².